The van der Waals surface area contributed by atoms with Gasteiger partial charge in [0.05, 0.1) is 12.1 Å². The molecule has 0 aliphatic rings. The molecule has 0 fully saturated rings. The van der Waals surface area contributed by atoms with Crippen LogP contribution in [0.4, 0.5) is 0 Å². The largest absolute Gasteiger partial charge is 0.508 e. The molecule has 0 saturated heterocycles. The number of ether oxygens (including phenoxy) is 2. The highest BCUT2D eigenvalue weighted by Crippen LogP contribution is 2.33. The molecule has 0 aliphatic heterocycles. The number of H-pyrrole nitrogens is 1. The van der Waals surface area contributed by atoms with Crippen molar-refractivity contribution in [2.45, 2.75) is 39.5 Å². The maximum absolute atomic E-state index is 12.1. The lowest BCUT2D eigenvalue weighted by Crippen LogP contribution is -2.16. The van der Waals surface area contributed by atoms with Crippen molar-refractivity contribution in [3.63, 3.8) is 0 Å². The van der Waals surface area contributed by atoms with Crippen LogP contribution >= 0.6 is 0 Å². The molecule has 0 unspecified atom stereocenters. The Hall–Kier alpha value is -2.50. The van der Waals surface area contributed by atoms with Crippen LogP contribution in [0.25, 0.3) is 10.9 Å². The number of hydrogen-bond donors (Lipinski definition) is 2. The average Bonchev–Trinajstić information content (AvgIpc) is 2.49. The minimum absolute atomic E-state index is 0.0299. The summed E-state index contributed by atoms with van der Waals surface area (Å²) in [6.45, 7) is 3.77. The minimum atomic E-state index is -0.593. The zero-order valence-electron chi connectivity index (χ0n) is 13.3. The molecule has 0 aliphatic carbocycles. The number of nitrogens with one attached hydrogen (secondary N) is 1. The monoisotopic (exact) mass is 319 g/mol. The van der Waals surface area contributed by atoms with Crippen LogP contribution in [0.1, 0.15) is 39.5 Å². The maximum Gasteiger partial charge on any atom is 0.308 e. The van der Waals surface area contributed by atoms with E-state index in [1.807, 2.05) is 0 Å². The number of carbonyl (C=O) groups is 1. The van der Waals surface area contributed by atoms with Gasteiger partial charge in [-0.25, -0.2) is 0 Å². The number of phenolic OH excluding ortho intramolecular Hbond substituents is 1. The number of carbonyl (C=O) groups excluding carboxylic acids is 1. The molecule has 2 N–H and O–H groups in total. The van der Waals surface area contributed by atoms with E-state index >= 15 is 0 Å². The Kier molecular flexibility index (Phi) is 5.62. The molecule has 0 radical (unpaired) electrons. The Morgan fingerprint density at radius 3 is 2.70 bits per heavy atom. The minimum Gasteiger partial charge on any atom is -0.508 e. The van der Waals surface area contributed by atoms with Crippen LogP contribution in [-0.4, -0.2) is 22.7 Å². The predicted octanol–water partition coefficient (Wildman–Crippen LogP) is 3.12. The lowest BCUT2D eigenvalue weighted by Gasteiger charge is -2.13. The third-order valence-electron chi connectivity index (χ3n) is 3.40. The topological polar surface area (TPSA) is 88.6 Å². The van der Waals surface area contributed by atoms with Crippen LogP contribution in [0.5, 0.6) is 17.2 Å². The summed E-state index contributed by atoms with van der Waals surface area (Å²) in [6, 6.07) is 4.54. The van der Waals surface area contributed by atoms with Crippen molar-refractivity contribution in [1.82, 2.24) is 4.98 Å². The normalized spacial score (nSPS) is 10.7. The van der Waals surface area contributed by atoms with Crippen molar-refractivity contribution < 1.29 is 19.4 Å². The molecule has 0 atom stereocenters. The van der Waals surface area contributed by atoms with Crippen molar-refractivity contribution in [2.24, 2.45) is 0 Å². The van der Waals surface area contributed by atoms with Gasteiger partial charge in [0.25, 0.3) is 5.56 Å². The van der Waals surface area contributed by atoms with E-state index in [9.17, 15) is 14.7 Å². The van der Waals surface area contributed by atoms with Gasteiger partial charge in [-0.1, -0.05) is 26.2 Å². The van der Waals surface area contributed by atoms with Crippen molar-refractivity contribution >= 4 is 16.9 Å². The molecule has 0 amide bonds. The van der Waals surface area contributed by atoms with Crippen molar-refractivity contribution in [2.75, 3.05) is 6.61 Å². The summed E-state index contributed by atoms with van der Waals surface area (Å²) in [5.74, 6) is -0.478. The number of phenols is 1. The predicted molar refractivity (Wildman–Crippen MR) is 87.2 cm³/mol. The second kappa shape index (κ2) is 7.67. The first kappa shape index (κ1) is 16.9. The molecule has 6 nitrogen and oxygen atoms in total. The number of pyridine rings is 1. The van der Waals surface area contributed by atoms with E-state index in [0.717, 1.165) is 25.7 Å². The van der Waals surface area contributed by atoms with Crippen molar-refractivity contribution in [1.29, 1.82) is 0 Å². The van der Waals surface area contributed by atoms with E-state index in [2.05, 4.69) is 11.9 Å². The fourth-order valence-corrected chi connectivity index (χ4v) is 2.32. The summed E-state index contributed by atoms with van der Waals surface area (Å²) in [7, 11) is 0. The number of fused-ring (bicyclic) bond motifs is 1. The van der Waals surface area contributed by atoms with E-state index in [1.165, 1.54) is 19.1 Å². The Labute approximate surface area is 134 Å². The highest BCUT2D eigenvalue weighted by molar-refractivity contribution is 5.89. The van der Waals surface area contributed by atoms with Gasteiger partial charge >= 0.3 is 5.97 Å². The fraction of sp³-hybridized carbons (Fsp3) is 0.412. The van der Waals surface area contributed by atoms with Crippen LogP contribution < -0.4 is 15.0 Å². The smallest absolute Gasteiger partial charge is 0.308 e. The lowest BCUT2D eigenvalue weighted by molar-refractivity contribution is -0.132. The number of aromatic hydroxyl groups is 1. The zero-order valence-corrected chi connectivity index (χ0v) is 13.3. The molecule has 2 aromatic rings. The van der Waals surface area contributed by atoms with Crippen LogP contribution in [0, 0.1) is 0 Å². The molecule has 2 rings (SSSR count). The SMILES string of the molecule is CCCCCCOc1c(OC(C)=O)c(=O)[nH]c2cc(O)ccc12. The molecule has 1 heterocycles. The maximum atomic E-state index is 12.1. The van der Waals surface area contributed by atoms with Crippen LogP contribution in [0.15, 0.2) is 23.0 Å². The number of aromatic nitrogens is 1. The highest BCUT2D eigenvalue weighted by Gasteiger charge is 2.17. The molecule has 1 aromatic carbocycles. The number of aromatic amines is 1. The number of hydrogen-bond acceptors (Lipinski definition) is 5. The quantitative estimate of drug-likeness (QED) is 0.604. The molecule has 6 heteroatoms. The summed E-state index contributed by atoms with van der Waals surface area (Å²) in [5.41, 5.74) is -0.142. The van der Waals surface area contributed by atoms with Gasteiger partial charge in [0.2, 0.25) is 5.75 Å². The average molecular weight is 319 g/mol. The first-order chi connectivity index (χ1) is 11.0. The Morgan fingerprint density at radius 1 is 1.22 bits per heavy atom. The molecule has 124 valence electrons. The molecule has 23 heavy (non-hydrogen) atoms. The second-order valence-electron chi connectivity index (χ2n) is 5.35. The number of benzene rings is 1. The van der Waals surface area contributed by atoms with E-state index in [4.69, 9.17) is 9.47 Å². The van der Waals surface area contributed by atoms with Gasteiger partial charge in [-0.15, -0.1) is 0 Å². The molecule has 0 bridgehead atoms. The van der Waals surface area contributed by atoms with Gasteiger partial charge in [-0.05, 0) is 18.6 Å². The van der Waals surface area contributed by atoms with Gasteiger partial charge < -0.3 is 19.6 Å². The summed E-state index contributed by atoms with van der Waals surface area (Å²) in [5, 5.41) is 10.1. The highest BCUT2D eigenvalue weighted by atomic mass is 16.6. The molecular formula is C17H21NO5. The fourth-order valence-electron chi connectivity index (χ4n) is 2.32. The molecule has 0 spiro atoms. The second-order valence-corrected chi connectivity index (χ2v) is 5.35. The Balaban J connectivity index is 2.39. The van der Waals surface area contributed by atoms with Crippen molar-refractivity contribution in [3.8, 4) is 17.2 Å². The summed E-state index contributed by atoms with van der Waals surface area (Å²) in [4.78, 5) is 26.0. The molecular weight excluding hydrogens is 298 g/mol. The summed E-state index contributed by atoms with van der Waals surface area (Å²) in [6.07, 6.45) is 4.11. The van der Waals surface area contributed by atoms with E-state index in [-0.39, 0.29) is 17.2 Å². The van der Waals surface area contributed by atoms with Gasteiger partial charge in [0.15, 0.2) is 5.75 Å². The van der Waals surface area contributed by atoms with Crippen molar-refractivity contribution in [3.05, 3.63) is 28.6 Å². The third-order valence-corrected chi connectivity index (χ3v) is 3.40. The van der Waals surface area contributed by atoms with E-state index in [0.29, 0.717) is 17.5 Å². The van der Waals surface area contributed by atoms with Crippen LogP contribution in [-0.2, 0) is 4.79 Å². The summed E-state index contributed by atoms with van der Waals surface area (Å²) >= 11 is 0. The summed E-state index contributed by atoms with van der Waals surface area (Å²) < 4.78 is 10.8. The molecule has 1 aromatic heterocycles. The zero-order chi connectivity index (χ0) is 16.8. The third kappa shape index (κ3) is 4.25. The van der Waals surface area contributed by atoms with Gasteiger partial charge in [-0.3, -0.25) is 9.59 Å². The first-order valence-corrected chi connectivity index (χ1v) is 7.73. The number of unbranched alkanes of at least 4 members (excludes halogenated alkanes) is 3. The Morgan fingerprint density at radius 2 is 2.00 bits per heavy atom. The number of esters is 1. The van der Waals surface area contributed by atoms with E-state index < -0.39 is 11.5 Å². The molecule has 0 saturated carbocycles. The number of rotatable bonds is 7. The van der Waals surface area contributed by atoms with E-state index in [1.54, 1.807) is 6.07 Å². The first-order valence-electron chi connectivity index (χ1n) is 7.73. The van der Waals surface area contributed by atoms with Crippen LogP contribution in [0.3, 0.4) is 0 Å². The standard InChI is InChI=1S/C17H21NO5/c1-3-4-5-6-9-22-15-13-8-7-12(20)10-14(13)18-17(21)16(15)23-11(2)19/h7-8,10,20H,3-6,9H2,1-2H3,(H,18,21). The lowest BCUT2D eigenvalue weighted by atomic mass is 10.2. The van der Waals surface area contributed by atoms with Gasteiger partial charge in [0.1, 0.15) is 5.75 Å². The van der Waals surface area contributed by atoms with Gasteiger partial charge in [-0.2, -0.15) is 0 Å². The van der Waals surface area contributed by atoms with Crippen LogP contribution in [0.2, 0.25) is 0 Å². The Bertz CT molecular complexity index is 750. The van der Waals surface area contributed by atoms with Gasteiger partial charge in [0, 0.05) is 18.4 Å².